The first-order valence-electron chi connectivity index (χ1n) is 9.38. The Hall–Kier alpha value is -3.22. The van der Waals surface area contributed by atoms with E-state index in [0.717, 1.165) is 21.6 Å². The number of halogens is 1. The van der Waals surface area contributed by atoms with E-state index in [4.69, 9.17) is 0 Å². The summed E-state index contributed by atoms with van der Waals surface area (Å²) >= 11 is 0. The van der Waals surface area contributed by atoms with Gasteiger partial charge in [-0.15, -0.1) is 0 Å². The molecule has 1 aliphatic heterocycles. The molecule has 1 aliphatic rings. The highest BCUT2D eigenvalue weighted by Gasteiger charge is 2.49. The van der Waals surface area contributed by atoms with Gasteiger partial charge in [0, 0.05) is 0 Å². The lowest BCUT2D eigenvalue weighted by atomic mass is 9.92. The first-order chi connectivity index (χ1) is 13.6. The smallest absolute Gasteiger partial charge is 0.325 e. The third-order valence-corrected chi connectivity index (χ3v) is 5.28. The molecule has 0 aliphatic carbocycles. The molecule has 2 aromatic rings. The standard InChI is InChI=1S/C22H24FN3O3/c1-13-5-6-14(2)18(11-13)15(3)24-19(27)12-26-20(28)22(4,25-21(26)29)16-7-9-17(23)10-8-16/h5-11,15H,12H2,1-4H3,(H,24,27)(H,25,29). The maximum atomic E-state index is 13.2. The van der Waals surface area contributed by atoms with Gasteiger partial charge in [0.2, 0.25) is 5.91 Å². The zero-order valence-electron chi connectivity index (χ0n) is 16.9. The number of carbonyl (C=O) groups excluding carboxylic acids is 3. The van der Waals surface area contributed by atoms with E-state index in [1.54, 1.807) is 0 Å². The van der Waals surface area contributed by atoms with E-state index < -0.39 is 35.7 Å². The zero-order chi connectivity index (χ0) is 21.3. The van der Waals surface area contributed by atoms with Gasteiger partial charge in [-0.3, -0.25) is 14.5 Å². The van der Waals surface area contributed by atoms with E-state index in [0.29, 0.717) is 5.56 Å². The molecular formula is C22H24FN3O3. The summed E-state index contributed by atoms with van der Waals surface area (Å²) in [4.78, 5) is 38.7. The highest BCUT2D eigenvalue weighted by atomic mass is 19.1. The average Bonchev–Trinajstić information content (AvgIpc) is 2.88. The van der Waals surface area contributed by atoms with Crippen molar-refractivity contribution in [3.05, 3.63) is 70.5 Å². The fourth-order valence-electron chi connectivity index (χ4n) is 3.55. The van der Waals surface area contributed by atoms with Crippen LogP contribution in [0.5, 0.6) is 0 Å². The summed E-state index contributed by atoms with van der Waals surface area (Å²) in [7, 11) is 0. The summed E-state index contributed by atoms with van der Waals surface area (Å²) in [6.45, 7) is 6.94. The number of rotatable bonds is 5. The third kappa shape index (κ3) is 3.99. The Bertz CT molecular complexity index is 974. The summed E-state index contributed by atoms with van der Waals surface area (Å²) in [6, 6.07) is 10.4. The Morgan fingerprint density at radius 1 is 1.17 bits per heavy atom. The number of nitrogens with one attached hydrogen (secondary N) is 2. The highest BCUT2D eigenvalue weighted by Crippen LogP contribution is 2.29. The van der Waals surface area contributed by atoms with Crippen LogP contribution < -0.4 is 10.6 Å². The van der Waals surface area contributed by atoms with Crippen molar-refractivity contribution >= 4 is 17.8 Å². The molecule has 0 aromatic heterocycles. The van der Waals surface area contributed by atoms with E-state index in [2.05, 4.69) is 10.6 Å². The molecule has 1 fully saturated rings. The molecule has 0 bridgehead atoms. The van der Waals surface area contributed by atoms with Crippen molar-refractivity contribution in [1.82, 2.24) is 15.5 Å². The molecule has 2 atom stereocenters. The van der Waals surface area contributed by atoms with Crippen molar-refractivity contribution in [2.45, 2.75) is 39.3 Å². The Labute approximate surface area is 169 Å². The lowest BCUT2D eigenvalue weighted by Crippen LogP contribution is -2.43. The molecule has 152 valence electrons. The molecule has 0 spiro atoms. The molecule has 0 radical (unpaired) electrons. The molecule has 1 heterocycles. The molecule has 29 heavy (non-hydrogen) atoms. The van der Waals surface area contributed by atoms with E-state index in [9.17, 15) is 18.8 Å². The van der Waals surface area contributed by atoms with Gasteiger partial charge in [0.1, 0.15) is 17.9 Å². The van der Waals surface area contributed by atoms with Gasteiger partial charge in [-0.1, -0.05) is 35.9 Å². The zero-order valence-corrected chi connectivity index (χ0v) is 16.9. The van der Waals surface area contributed by atoms with Gasteiger partial charge in [-0.25, -0.2) is 9.18 Å². The number of hydrogen-bond acceptors (Lipinski definition) is 3. The van der Waals surface area contributed by atoms with Gasteiger partial charge in [0.05, 0.1) is 6.04 Å². The second-order valence-electron chi connectivity index (χ2n) is 7.60. The first-order valence-corrected chi connectivity index (χ1v) is 9.38. The number of carbonyl (C=O) groups is 3. The van der Waals surface area contributed by atoms with E-state index in [1.807, 2.05) is 39.0 Å². The Kier molecular flexibility index (Phi) is 5.42. The molecule has 2 N–H and O–H groups in total. The molecule has 2 unspecified atom stereocenters. The van der Waals surface area contributed by atoms with E-state index >= 15 is 0 Å². The van der Waals surface area contributed by atoms with Crippen LogP contribution in [-0.4, -0.2) is 29.3 Å². The fourth-order valence-corrected chi connectivity index (χ4v) is 3.55. The largest absolute Gasteiger partial charge is 0.348 e. The van der Waals surface area contributed by atoms with Gasteiger partial charge in [-0.05, 0) is 56.5 Å². The maximum absolute atomic E-state index is 13.2. The maximum Gasteiger partial charge on any atom is 0.325 e. The van der Waals surface area contributed by atoms with Crippen LogP contribution in [0.15, 0.2) is 42.5 Å². The predicted octanol–water partition coefficient (Wildman–Crippen LogP) is 3.09. The number of imide groups is 1. The number of hydrogen-bond donors (Lipinski definition) is 2. The van der Waals surface area contributed by atoms with Gasteiger partial charge in [0.25, 0.3) is 5.91 Å². The fraction of sp³-hybridized carbons (Fsp3) is 0.318. The summed E-state index contributed by atoms with van der Waals surface area (Å²) < 4.78 is 13.2. The van der Waals surface area contributed by atoms with Crippen LogP contribution in [0.25, 0.3) is 0 Å². The minimum absolute atomic E-state index is 0.272. The van der Waals surface area contributed by atoms with Crippen molar-refractivity contribution in [2.75, 3.05) is 6.54 Å². The molecule has 1 saturated heterocycles. The molecule has 6 nitrogen and oxygen atoms in total. The van der Waals surface area contributed by atoms with Crippen LogP contribution in [0.1, 0.15) is 42.1 Å². The number of urea groups is 1. The average molecular weight is 397 g/mol. The Balaban J connectivity index is 1.72. The summed E-state index contributed by atoms with van der Waals surface area (Å²) in [5, 5.41) is 5.45. The minimum Gasteiger partial charge on any atom is -0.348 e. The third-order valence-electron chi connectivity index (χ3n) is 5.28. The monoisotopic (exact) mass is 397 g/mol. The van der Waals surface area contributed by atoms with Crippen LogP contribution in [0, 0.1) is 19.7 Å². The minimum atomic E-state index is -1.34. The molecule has 2 aromatic carbocycles. The number of benzene rings is 2. The summed E-state index contributed by atoms with van der Waals surface area (Å²) in [6.07, 6.45) is 0. The summed E-state index contributed by atoms with van der Waals surface area (Å²) in [5.41, 5.74) is 2.21. The lowest BCUT2D eigenvalue weighted by molar-refractivity contribution is -0.135. The molecular weight excluding hydrogens is 373 g/mol. The number of aryl methyl sites for hydroxylation is 2. The second-order valence-corrected chi connectivity index (χ2v) is 7.60. The van der Waals surface area contributed by atoms with E-state index in [-0.39, 0.29) is 6.04 Å². The molecule has 0 saturated carbocycles. The van der Waals surface area contributed by atoms with Crippen LogP contribution in [-0.2, 0) is 15.1 Å². The van der Waals surface area contributed by atoms with Crippen molar-refractivity contribution in [3.8, 4) is 0 Å². The second kappa shape index (κ2) is 7.66. The summed E-state index contributed by atoms with van der Waals surface area (Å²) in [5.74, 6) is -1.43. The Morgan fingerprint density at radius 2 is 1.83 bits per heavy atom. The van der Waals surface area contributed by atoms with Gasteiger partial charge >= 0.3 is 6.03 Å². The van der Waals surface area contributed by atoms with Crippen LogP contribution in [0.2, 0.25) is 0 Å². The Morgan fingerprint density at radius 3 is 2.48 bits per heavy atom. The highest BCUT2D eigenvalue weighted by molar-refractivity contribution is 6.09. The van der Waals surface area contributed by atoms with E-state index in [1.165, 1.54) is 31.2 Å². The van der Waals surface area contributed by atoms with Gasteiger partial charge in [-0.2, -0.15) is 0 Å². The molecule has 4 amide bonds. The van der Waals surface area contributed by atoms with Crippen molar-refractivity contribution < 1.29 is 18.8 Å². The van der Waals surface area contributed by atoms with Crippen LogP contribution in [0.3, 0.4) is 0 Å². The van der Waals surface area contributed by atoms with Gasteiger partial charge in [0.15, 0.2) is 0 Å². The molecule has 3 rings (SSSR count). The van der Waals surface area contributed by atoms with Crippen LogP contribution in [0.4, 0.5) is 9.18 Å². The van der Waals surface area contributed by atoms with Crippen LogP contribution >= 0.6 is 0 Å². The normalized spacial score (nSPS) is 19.8. The number of amides is 4. The quantitative estimate of drug-likeness (QED) is 0.761. The van der Waals surface area contributed by atoms with Crippen molar-refractivity contribution in [3.63, 3.8) is 0 Å². The topological polar surface area (TPSA) is 78.5 Å². The lowest BCUT2D eigenvalue weighted by Gasteiger charge is -2.22. The molecule has 7 heteroatoms. The first kappa shape index (κ1) is 20.5. The van der Waals surface area contributed by atoms with Gasteiger partial charge < -0.3 is 10.6 Å². The van der Waals surface area contributed by atoms with Crippen molar-refractivity contribution in [2.24, 2.45) is 0 Å². The van der Waals surface area contributed by atoms with Crippen molar-refractivity contribution in [1.29, 1.82) is 0 Å². The predicted molar refractivity (Wildman–Crippen MR) is 106 cm³/mol. The SMILES string of the molecule is Cc1ccc(C)c(C(C)NC(=O)CN2C(=O)NC(C)(c3ccc(F)cc3)C2=O)c1. The number of nitrogens with zero attached hydrogens (tertiary/aromatic N) is 1.